The van der Waals surface area contributed by atoms with Gasteiger partial charge in [-0.2, -0.15) is 0 Å². The van der Waals surface area contributed by atoms with Crippen LogP contribution < -0.4 is 5.32 Å². The minimum atomic E-state index is -0.860. The van der Waals surface area contributed by atoms with Gasteiger partial charge in [-0.15, -0.1) is 0 Å². The van der Waals surface area contributed by atoms with Crippen LogP contribution in [0, 0.1) is 0 Å². The predicted octanol–water partition coefficient (Wildman–Crippen LogP) is 15.2. The van der Waals surface area contributed by atoms with Crippen LogP contribution in [-0.2, 0) is 4.79 Å². The molecular formula is C52H91NO3. The highest BCUT2D eigenvalue weighted by molar-refractivity contribution is 5.76. The van der Waals surface area contributed by atoms with Crippen molar-refractivity contribution in [1.29, 1.82) is 0 Å². The Bertz CT molecular complexity index is 1020. The van der Waals surface area contributed by atoms with Crippen LogP contribution in [-0.4, -0.2) is 34.9 Å². The lowest BCUT2D eigenvalue weighted by atomic mass is 10.0. The van der Waals surface area contributed by atoms with Gasteiger partial charge in [0.05, 0.1) is 18.8 Å². The van der Waals surface area contributed by atoms with E-state index in [2.05, 4.69) is 92.1 Å². The van der Waals surface area contributed by atoms with Gasteiger partial charge in [0.15, 0.2) is 0 Å². The molecule has 4 heteroatoms. The first kappa shape index (κ1) is 53.6. The molecule has 2 unspecified atom stereocenters. The number of allylic oxidation sites excluding steroid dienone is 13. The average molecular weight is 778 g/mol. The van der Waals surface area contributed by atoms with Crippen LogP contribution in [0.5, 0.6) is 0 Å². The Hall–Kier alpha value is -2.43. The minimum absolute atomic E-state index is 0.0791. The number of rotatable bonds is 42. The van der Waals surface area contributed by atoms with Gasteiger partial charge in [-0.1, -0.05) is 227 Å². The maximum atomic E-state index is 12.3. The molecule has 1 amide bonds. The molecule has 2 atom stereocenters. The van der Waals surface area contributed by atoms with E-state index in [0.717, 1.165) is 70.6 Å². The van der Waals surface area contributed by atoms with Crippen molar-refractivity contribution < 1.29 is 15.0 Å². The summed E-state index contributed by atoms with van der Waals surface area (Å²) < 4.78 is 0. The second-order valence-corrected chi connectivity index (χ2v) is 15.8. The number of carbonyl (C=O) groups excluding carboxylic acids is 1. The number of hydrogen-bond acceptors (Lipinski definition) is 3. The van der Waals surface area contributed by atoms with Gasteiger partial charge < -0.3 is 15.5 Å². The topological polar surface area (TPSA) is 69.6 Å². The maximum absolute atomic E-state index is 12.3. The van der Waals surface area contributed by atoms with Crippen LogP contribution >= 0.6 is 0 Å². The molecule has 0 aliphatic carbocycles. The van der Waals surface area contributed by atoms with E-state index in [1.807, 2.05) is 6.08 Å². The molecule has 0 aromatic heterocycles. The third-order valence-corrected chi connectivity index (χ3v) is 10.3. The highest BCUT2D eigenvalue weighted by Gasteiger charge is 2.17. The summed E-state index contributed by atoms with van der Waals surface area (Å²) in [5, 5.41) is 22.7. The first-order valence-corrected chi connectivity index (χ1v) is 23.8. The lowest BCUT2D eigenvalue weighted by Crippen LogP contribution is -2.45. The van der Waals surface area contributed by atoms with Crippen molar-refractivity contribution in [2.24, 2.45) is 0 Å². The van der Waals surface area contributed by atoms with Crippen LogP contribution in [0.25, 0.3) is 0 Å². The second-order valence-electron chi connectivity index (χ2n) is 15.8. The molecule has 0 radical (unpaired) electrons. The largest absolute Gasteiger partial charge is 0.394 e. The minimum Gasteiger partial charge on any atom is -0.394 e. The van der Waals surface area contributed by atoms with Gasteiger partial charge in [0.25, 0.3) is 0 Å². The summed E-state index contributed by atoms with van der Waals surface area (Å²) in [5.41, 5.74) is 0. The van der Waals surface area contributed by atoms with Gasteiger partial charge in [0, 0.05) is 6.42 Å². The molecule has 0 saturated heterocycles. The Kier molecular flexibility index (Phi) is 44.9. The standard InChI is InChI=1S/C52H91NO3/c1-3-5-7-9-11-12-13-14-15-16-17-18-19-20-21-22-23-24-25-26-27-28-29-30-31-32-33-34-35-36-37-38-39-40-42-44-46-48-52(56)53-50(49-54)51(55)47-45-43-41-10-8-6-4-2/h5,7-8,10-12,14-15,17-18,20-21,45,47,50-51,54-55H,3-4,6,9,13,16,19,22-44,46,48-49H2,1-2H3,(H,53,56)/b7-5-,10-8+,12-11-,15-14-,18-17-,21-20-,47-45+. The summed E-state index contributed by atoms with van der Waals surface area (Å²) in [7, 11) is 0. The first-order chi connectivity index (χ1) is 27.7. The Morgan fingerprint density at radius 3 is 1.23 bits per heavy atom. The fourth-order valence-corrected chi connectivity index (χ4v) is 6.76. The quantitative estimate of drug-likeness (QED) is 0.0427. The van der Waals surface area contributed by atoms with E-state index in [0.29, 0.717) is 6.42 Å². The summed E-state index contributed by atoms with van der Waals surface area (Å²) in [6.07, 6.45) is 68.9. The Morgan fingerprint density at radius 2 is 0.804 bits per heavy atom. The zero-order valence-electron chi connectivity index (χ0n) is 36.9. The SMILES string of the molecule is CC/C=C\C/C=C\C/C=C\C/C=C\C/C=C\CCCCCCCCCCCCCCCCCCCCCCCC(=O)NC(CO)C(O)/C=C/CC/C=C/CCC. The summed E-state index contributed by atoms with van der Waals surface area (Å²) >= 11 is 0. The first-order valence-electron chi connectivity index (χ1n) is 23.8. The molecule has 0 aromatic carbocycles. The molecule has 0 bridgehead atoms. The molecule has 0 aromatic rings. The van der Waals surface area contributed by atoms with Crippen molar-refractivity contribution in [3.63, 3.8) is 0 Å². The van der Waals surface area contributed by atoms with Gasteiger partial charge >= 0.3 is 0 Å². The number of hydrogen-bond donors (Lipinski definition) is 3. The molecule has 0 rings (SSSR count). The lowest BCUT2D eigenvalue weighted by molar-refractivity contribution is -0.123. The zero-order valence-corrected chi connectivity index (χ0v) is 36.9. The van der Waals surface area contributed by atoms with Crippen molar-refractivity contribution >= 4 is 5.91 Å². The average Bonchev–Trinajstić information content (AvgIpc) is 3.20. The van der Waals surface area contributed by atoms with Crippen LogP contribution in [0.15, 0.2) is 85.1 Å². The Morgan fingerprint density at radius 1 is 0.446 bits per heavy atom. The maximum Gasteiger partial charge on any atom is 0.220 e. The molecule has 0 heterocycles. The van der Waals surface area contributed by atoms with E-state index in [1.165, 1.54) is 128 Å². The molecular weight excluding hydrogens is 687 g/mol. The number of aliphatic hydroxyl groups is 2. The van der Waals surface area contributed by atoms with E-state index in [9.17, 15) is 15.0 Å². The van der Waals surface area contributed by atoms with Crippen LogP contribution in [0.3, 0.4) is 0 Å². The molecule has 0 aliphatic rings. The van der Waals surface area contributed by atoms with Crippen molar-refractivity contribution in [1.82, 2.24) is 5.32 Å². The Balaban J connectivity index is 3.41. The summed E-state index contributed by atoms with van der Waals surface area (Å²) in [6, 6.07) is -0.637. The van der Waals surface area contributed by atoms with Crippen LogP contribution in [0.4, 0.5) is 0 Å². The lowest BCUT2D eigenvalue weighted by Gasteiger charge is -2.19. The number of nitrogens with one attached hydrogen (secondary N) is 1. The summed E-state index contributed by atoms with van der Waals surface area (Å²) in [4.78, 5) is 12.3. The fourth-order valence-electron chi connectivity index (χ4n) is 6.76. The van der Waals surface area contributed by atoms with Gasteiger partial charge in [-0.05, 0) is 70.6 Å². The fraction of sp³-hybridized carbons (Fsp3) is 0.712. The summed E-state index contributed by atoms with van der Waals surface area (Å²) in [6.45, 7) is 4.07. The second kappa shape index (κ2) is 46.9. The Labute approximate surface area is 348 Å². The highest BCUT2D eigenvalue weighted by Crippen LogP contribution is 2.16. The van der Waals surface area contributed by atoms with E-state index in [4.69, 9.17) is 0 Å². The van der Waals surface area contributed by atoms with E-state index >= 15 is 0 Å². The third-order valence-electron chi connectivity index (χ3n) is 10.3. The van der Waals surface area contributed by atoms with E-state index < -0.39 is 12.1 Å². The molecule has 4 nitrogen and oxygen atoms in total. The normalized spacial score (nSPS) is 13.7. The van der Waals surface area contributed by atoms with Crippen LogP contribution in [0.1, 0.15) is 219 Å². The van der Waals surface area contributed by atoms with Crippen LogP contribution in [0.2, 0.25) is 0 Å². The van der Waals surface area contributed by atoms with Gasteiger partial charge in [-0.3, -0.25) is 4.79 Å². The van der Waals surface area contributed by atoms with Gasteiger partial charge in [0.1, 0.15) is 0 Å². The van der Waals surface area contributed by atoms with Crippen molar-refractivity contribution in [3.8, 4) is 0 Å². The monoisotopic (exact) mass is 778 g/mol. The molecule has 322 valence electrons. The van der Waals surface area contributed by atoms with E-state index in [1.54, 1.807) is 6.08 Å². The van der Waals surface area contributed by atoms with Crippen molar-refractivity contribution in [2.75, 3.05) is 6.61 Å². The smallest absolute Gasteiger partial charge is 0.220 e. The number of amides is 1. The molecule has 56 heavy (non-hydrogen) atoms. The third kappa shape index (κ3) is 42.7. The van der Waals surface area contributed by atoms with E-state index in [-0.39, 0.29) is 12.5 Å². The number of unbranched alkanes of at least 4 members (excludes halogenated alkanes) is 23. The zero-order chi connectivity index (χ0) is 40.7. The molecule has 0 saturated carbocycles. The number of aliphatic hydroxyl groups excluding tert-OH is 2. The predicted molar refractivity (Wildman–Crippen MR) is 248 cm³/mol. The van der Waals surface area contributed by atoms with Gasteiger partial charge in [0.2, 0.25) is 5.91 Å². The molecule has 0 fully saturated rings. The van der Waals surface area contributed by atoms with Gasteiger partial charge in [-0.25, -0.2) is 0 Å². The molecule has 0 aliphatic heterocycles. The number of carbonyl (C=O) groups is 1. The highest BCUT2D eigenvalue weighted by atomic mass is 16.3. The molecule has 0 spiro atoms. The van der Waals surface area contributed by atoms with Crippen molar-refractivity contribution in [2.45, 2.75) is 231 Å². The van der Waals surface area contributed by atoms with Crippen molar-refractivity contribution in [3.05, 3.63) is 85.1 Å². The molecule has 3 N–H and O–H groups in total. The summed E-state index contributed by atoms with van der Waals surface area (Å²) in [5.74, 6) is -0.0791.